The number of rotatable bonds is 7. The van der Waals surface area contributed by atoms with Gasteiger partial charge in [0, 0.05) is 35.2 Å². The third-order valence-corrected chi connectivity index (χ3v) is 6.29. The lowest BCUT2D eigenvalue weighted by Crippen LogP contribution is -2.36. The molecule has 1 aliphatic rings. The van der Waals surface area contributed by atoms with Crippen LogP contribution in [0, 0.1) is 0 Å². The minimum atomic E-state index is -0.174. The van der Waals surface area contributed by atoms with E-state index in [1.165, 1.54) is 17.4 Å². The molecule has 4 rings (SSSR count). The van der Waals surface area contributed by atoms with Crippen molar-refractivity contribution in [1.29, 1.82) is 0 Å². The molecule has 2 amide bonds. The van der Waals surface area contributed by atoms with Gasteiger partial charge in [-0.25, -0.2) is 0 Å². The highest BCUT2D eigenvalue weighted by molar-refractivity contribution is 6.34. The second-order valence-electron chi connectivity index (χ2n) is 8.26. The van der Waals surface area contributed by atoms with E-state index in [1.54, 1.807) is 18.2 Å². The number of aromatic amines is 1. The van der Waals surface area contributed by atoms with Crippen LogP contribution < -0.4 is 10.6 Å². The van der Waals surface area contributed by atoms with Crippen molar-refractivity contribution in [3.05, 3.63) is 64.8 Å². The second kappa shape index (κ2) is 10.0. The molecule has 1 saturated carbocycles. The Morgan fingerprint density at radius 1 is 1.06 bits per heavy atom. The lowest BCUT2D eigenvalue weighted by atomic mass is 9.95. The number of halogens is 1. The van der Waals surface area contributed by atoms with Gasteiger partial charge in [0.1, 0.15) is 0 Å². The smallest absolute Gasteiger partial charge is 0.253 e. The zero-order valence-electron chi connectivity index (χ0n) is 17.5. The van der Waals surface area contributed by atoms with Crippen molar-refractivity contribution < 1.29 is 9.59 Å². The van der Waals surface area contributed by atoms with Gasteiger partial charge in [-0.05, 0) is 55.5 Å². The molecule has 0 atom stereocenters. The van der Waals surface area contributed by atoms with Gasteiger partial charge in [-0.3, -0.25) is 9.59 Å². The number of aryl methyl sites for hydroxylation is 1. The Kier molecular flexibility index (Phi) is 6.92. The number of hydrogen-bond donors (Lipinski definition) is 3. The number of amides is 2. The fourth-order valence-corrected chi connectivity index (χ4v) is 4.49. The maximum Gasteiger partial charge on any atom is 0.253 e. The Labute approximate surface area is 187 Å². The third kappa shape index (κ3) is 5.47. The van der Waals surface area contributed by atoms with Gasteiger partial charge < -0.3 is 15.6 Å². The maximum absolute atomic E-state index is 12.7. The fraction of sp³-hybridized carbons (Fsp3) is 0.360. The number of benzene rings is 2. The summed E-state index contributed by atoms with van der Waals surface area (Å²) in [7, 11) is 0. The average Bonchev–Trinajstić information content (AvgIpc) is 3.19. The van der Waals surface area contributed by atoms with Crippen LogP contribution in [0.4, 0.5) is 5.69 Å². The van der Waals surface area contributed by atoms with Crippen LogP contribution in [-0.4, -0.2) is 22.8 Å². The van der Waals surface area contributed by atoms with Gasteiger partial charge in [-0.15, -0.1) is 0 Å². The molecular weight excluding hydrogens is 410 g/mol. The predicted octanol–water partition coefficient (Wildman–Crippen LogP) is 5.85. The van der Waals surface area contributed by atoms with Crippen molar-refractivity contribution in [2.75, 3.05) is 5.32 Å². The molecule has 1 heterocycles. The Balaban J connectivity index is 1.31. The number of carbonyl (C=O) groups is 2. The summed E-state index contributed by atoms with van der Waals surface area (Å²) >= 11 is 6.26. The molecule has 31 heavy (non-hydrogen) atoms. The number of para-hydroxylation sites is 1. The summed E-state index contributed by atoms with van der Waals surface area (Å²) in [5.41, 5.74) is 3.33. The summed E-state index contributed by atoms with van der Waals surface area (Å²) in [6, 6.07) is 13.4. The van der Waals surface area contributed by atoms with Crippen LogP contribution in [0.15, 0.2) is 48.7 Å². The first kappa shape index (κ1) is 21.4. The molecule has 0 spiro atoms. The summed E-state index contributed by atoms with van der Waals surface area (Å²) in [6.45, 7) is 0. The monoisotopic (exact) mass is 437 g/mol. The highest BCUT2D eigenvalue weighted by Crippen LogP contribution is 2.23. The van der Waals surface area contributed by atoms with Gasteiger partial charge in [0.05, 0.1) is 10.6 Å². The van der Waals surface area contributed by atoms with E-state index < -0.39 is 0 Å². The number of hydrogen-bond acceptors (Lipinski definition) is 2. The minimum absolute atomic E-state index is 0.0687. The number of fused-ring (bicyclic) bond motifs is 1. The quantitative estimate of drug-likeness (QED) is 0.434. The molecular formula is C25H28ClN3O2. The van der Waals surface area contributed by atoms with Crippen LogP contribution in [0.2, 0.25) is 5.02 Å². The van der Waals surface area contributed by atoms with Crippen LogP contribution in [0.3, 0.4) is 0 Å². The number of nitrogens with one attached hydrogen (secondary N) is 3. The largest absolute Gasteiger partial charge is 0.361 e. The lowest BCUT2D eigenvalue weighted by molar-refractivity contribution is -0.116. The normalized spacial score (nSPS) is 14.5. The number of carbonyl (C=O) groups excluding carboxylic acids is 2. The fourth-order valence-electron chi connectivity index (χ4n) is 4.29. The topological polar surface area (TPSA) is 74.0 Å². The molecule has 0 saturated heterocycles. The van der Waals surface area contributed by atoms with E-state index in [0.29, 0.717) is 22.7 Å². The van der Waals surface area contributed by atoms with Crippen molar-refractivity contribution in [3.8, 4) is 0 Å². The molecule has 0 radical (unpaired) electrons. The van der Waals surface area contributed by atoms with Crippen molar-refractivity contribution in [2.45, 2.75) is 57.4 Å². The Morgan fingerprint density at radius 3 is 2.71 bits per heavy atom. The highest BCUT2D eigenvalue weighted by atomic mass is 35.5. The number of anilines is 1. The van der Waals surface area contributed by atoms with E-state index in [9.17, 15) is 9.59 Å². The second-order valence-corrected chi connectivity index (χ2v) is 8.67. The van der Waals surface area contributed by atoms with E-state index in [2.05, 4.69) is 21.7 Å². The summed E-state index contributed by atoms with van der Waals surface area (Å²) in [5, 5.41) is 7.58. The lowest BCUT2D eigenvalue weighted by Gasteiger charge is -2.23. The highest BCUT2D eigenvalue weighted by Gasteiger charge is 2.19. The van der Waals surface area contributed by atoms with Gasteiger partial charge in [-0.2, -0.15) is 0 Å². The molecule has 3 aromatic rings. The molecule has 6 heteroatoms. The standard InChI is InChI=1S/C25H28ClN3O2/c26-22-14-13-19(15-21(22)25(31)29-18-8-2-1-3-9-18)28-24(30)12-6-7-17-16-27-23-11-5-4-10-20(17)23/h4-5,10-11,13-16,18,27H,1-3,6-9,12H2,(H,28,30)(H,29,31). The van der Waals surface area contributed by atoms with Gasteiger partial charge in [-0.1, -0.05) is 49.1 Å². The van der Waals surface area contributed by atoms with Gasteiger partial charge in [0.25, 0.3) is 5.91 Å². The minimum Gasteiger partial charge on any atom is -0.361 e. The van der Waals surface area contributed by atoms with Crippen molar-refractivity contribution in [2.24, 2.45) is 0 Å². The zero-order valence-corrected chi connectivity index (χ0v) is 18.3. The molecule has 3 N–H and O–H groups in total. The molecule has 0 aliphatic heterocycles. The van der Waals surface area contributed by atoms with Crippen LogP contribution in [0.5, 0.6) is 0 Å². The van der Waals surface area contributed by atoms with E-state index >= 15 is 0 Å². The molecule has 2 aromatic carbocycles. The first-order valence-electron chi connectivity index (χ1n) is 11.1. The first-order valence-corrected chi connectivity index (χ1v) is 11.4. The first-order chi connectivity index (χ1) is 15.1. The molecule has 162 valence electrons. The summed E-state index contributed by atoms with van der Waals surface area (Å²) < 4.78 is 0. The molecule has 1 fully saturated rings. The van der Waals surface area contributed by atoms with Gasteiger partial charge in [0.2, 0.25) is 5.91 Å². The Hall–Kier alpha value is -2.79. The van der Waals surface area contributed by atoms with E-state index in [4.69, 9.17) is 11.6 Å². The van der Waals surface area contributed by atoms with E-state index in [-0.39, 0.29) is 17.9 Å². The summed E-state index contributed by atoms with van der Waals surface area (Å²) in [6.07, 6.45) is 9.54. The Bertz CT molecular complexity index is 1070. The van der Waals surface area contributed by atoms with Crippen LogP contribution in [-0.2, 0) is 11.2 Å². The Morgan fingerprint density at radius 2 is 1.87 bits per heavy atom. The summed E-state index contributed by atoms with van der Waals surface area (Å²) in [4.78, 5) is 28.4. The van der Waals surface area contributed by atoms with E-state index in [1.807, 2.05) is 24.4 Å². The van der Waals surface area contributed by atoms with Crippen LogP contribution in [0.25, 0.3) is 10.9 Å². The molecule has 5 nitrogen and oxygen atoms in total. The third-order valence-electron chi connectivity index (χ3n) is 5.96. The number of aromatic nitrogens is 1. The van der Waals surface area contributed by atoms with Gasteiger partial charge in [0.15, 0.2) is 0 Å². The predicted molar refractivity (Wildman–Crippen MR) is 126 cm³/mol. The molecule has 0 unspecified atom stereocenters. The van der Waals surface area contributed by atoms with Crippen LogP contribution >= 0.6 is 11.6 Å². The van der Waals surface area contributed by atoms with Gasteiger partial charge >= 0.3 is 0 Å². The zero-order chi connectivity index (χ0) is 21.6. The SMILES string of the molecule is O=C(CCCc1c[nH]c2ccccc12)Nc1ccc(Cl)c(C(=O)NC2CCCCC2)c1. The maximum atomic E-state index is 12.7. The number of H-pyrrole nitrogens is 1. The van der Waals surface area contributed by atoms with E-state index in [0.717, 1.165) is 44.0 Å². The molecule has 1 aliphatic carbocycles. The molecule has 1 aromatic heterocycles. The van der Waals surface area contributed by atoms with Crippen molar-refractivity contribution in [3.63, 3.8) is 0 Å². The van der Waals surface area contributed by atoms with Crippen LogP contribution in [0.1, 0.15) is 60.9 Å². The van der Waals surface area contributed by atoms with Crippen molar-refractivity contribution >= 4 is 40.0 Å². The summed E-state index contributed by atoms with van der Waals surface area (Å²) in [5.74, 6) is -0.242. The molecule has 0 bridgehead atoms. The van der Waals surface area contributed by atoms with Crippen molar-refractivity contribution in [1.82, 2.24) is 10.3 Å². The average molecular weight is 438 g/mol.